The molecule has 1 N–H and O–H groups in total. The van der Waals surface area contributed by atoms with Gasteiger partial charge in [-0.2, -0.15) is 0 Å². The van der Waals surface area contributed by atoms with Gasteiger partial charge in [0.1, 0.15) is 17.1 Å². The average molecular weight is 417 g/mol. The minimum absolute atomic E-state index is 0.0167. The minimum Gasteiger partial charge on any atom is -0.494 e. The fourth-order valence-corrected chi connectivity index (χ4v) is 4.31. The smallest absolute Gasteiger partial charge is 0.276 e. The Morgan fingerprint density at radius 3 is 2.89 bits per heavy atom. The van der Waals surface area contributed by atoms with Crippen LogP contribution in [-0.2, 0) is 0 Å². The first-order chi connectivity index (χ1) is 13.5. The third kappa shape index (κ3) is 3.14. The van der Waals surface area contributed by atoms with E-state index >= 15 is 0 Å². The summed E-state index contributed by atoms with van der Waals surface area (Å²) in [5.41, 5.74) is 1.09. The maximum absolute atomic E-state index is 13.2. The zero-order valence-corrected chi connectivity index (χ0v) is 16.8. The molecule has 1 atom stereocenters. The van der Waals surface area contributed by atoms with Gasteiger partial charge in [-0.3, -0.25) is 19.5 Å². The van der Waals surface area contributed by atoms with Crippen LogP contribution in [0.15, 0.2) is 42.9 Å². The van der Waals surface area contributed by atoms with Gasteiger partial charge >= 0.3 is 0 Å². The van der Waals surface area contributed by atoms with Crippen LogP contribution in [0.5, 0.6) is 5.75 Å². The molecule has 0 saturated carbocycles. The summed E-state index contributed by atoms with van der Waals surface area (Å²) in [4.78, 5) is 31.8. The van der Waals surface area contributed by atoms with Crippen molar-refractivity contribution in [3.05, 3.63) is 58.4 Å². The molecule has 9 heteroatoms. The van der Waals surface area contributed by atoms with Crippen LogP contribution in [0.25, 0.3) is 0 Å². The van der Waals surface area contributed by atoms with Crippen molar-refractivity contribution in [3.63, 3.8) is 0 Å². The lowest BCUT2D eigenvalue weighted by atomic mass is 10.1. The Hall–Kier alpha value is -2.84. The predicted octanol–water partition coefficient (Wildman–Crippen LogP) is 4.08. The number of pyridine rings is 1. The third-order valence-electron chi connectivity index (χ3n) is 4.60. The molecule has 28 heavy (non-hydrogen) atoms. The van der Waals surface area contributed by atoms with Gasteiger partial charge in [0.2, 0.25) is 0 Å². The summed E-state index contributed by atoms with van der Waals surface area (Å²) < 4.78 is 7.69. The van der Waals surface area contributed by atoms with E-state index in [2.05, 4.69) is 10.3 Å². The summed E-state index contributed by atoms with van der Waals surface area (Å²) in [5.74, 6) is -0.137. The monoisotopic (exact) mass is 416 g/mol. The Bertz CT molecular complexity index is 1060. The van der Waals surface area contributed by atoms with Gasteiger partial charge < -0.3 is 14.6 Å². The molecule has 2 amide bonds. The molecular formula is C19H17ClN4O3S. The standard InChI is InChI=1S/C19H17ClN4O3S/c1-11-10-24(16-4-3-15(20)28-16)19(26)17-12(6-8-23(11)17)18(25)22-13-9-21-7-5-14(13)27-2/h3-9,11H,10H2,1-2H3,(H,22,25)/t11-/m0/s1. The Labute approximate surface area is 170 Å². The first-order valence-electron chi connectivity index (χ1n) is 8.57. The number of nitrogens with zero attached hydrogens (tertiary/aromatic N) is 3. The van der Waals surface area contributed by atoms with Crippen molar-refractivity contribution in [1.82, 2.24) is 9.55 Å². The van der Waals surface area contributed by atoms with Gasteiger partial charge in [0.15, 0.2) is 0 Å². The minimum atomic E-state index is -0.397. The summed E-state index contributed by atoms with van der Waals surface area (Å²) in [5, 5.41) is 3.54. The lowest BCUT2D eigenvalue weighted by Gasteiger charge is -2.32. The number of hydrogen-bond acceptors (Lipinski definition) is 5. The van der Waals surface area contributed by atoms with Crippen LogP contribution in [0.1, 0.15) is 33.8 Å². The second-order valence-electron chi connectivity index (χ2n) is 6.36. The van der Waals surface area contributed by atoms with Gasteiger partial charge in [0.05, 0.1) is 28.2 Å². The van der Waals surface area contributed by atoms with Gasteiger partial charge in [0.25, 0.3) is 11.8 Å². The molecule has 0 spiro atoms. The molecule has 3 aromatic heterocycles. The molecule has 0 aromatic carbocycles. The first-order valence-corrected chi connectivity index (χ1v) is 9.76. The van der Waals surface area contributed by atoms with Crippen molar-refractivity contribution in [1.29, 1.82) is 0 Å². The van der Waals surface area contributed by atoms with Crippen molar-refractivity contribution < 1.29 is 14.3 Å². The van der Waals surface area contributed by atoms with E-state index in [1.807, 2.05) is 17.6 Å². The molecule has 0 fully saturated rings. The lowest BCUT2D eigenvalue weighted by Crippen LogP contribution is -2.42. The van der Waals surface area contributed by atoms with Crippen molar-refractivity contribution in [2.45, 2.75) is 13.0 Å². The lowest BCUT2D eigenvalue weighted by molar-refractivity contribution is 0.0943. The first kappa shape index (κ1) is 18.5. The number of ether oxygens (including phenoxy) is 1. The van der Waals surface area contributed by atoms with Crippen molar-refractivity contribution in [2.24, 2.45) is 0 Å². The van der Waals surface area contributed by atoms with Crippen LogP contribution in [-0.4, -0.2) is 35.0 Å². The number of nitrogens with one attached hydrogen (secondary N) is 1. The number of anilines is 2. The van der Waals surface area contributed by atoms with Crippen LogP contribution < -0.4 is 15.0 Å². The number of thiophene rings is 1. The number of rotatable bonds is 4. The summed E-state index contributed by atoms with van der Waals surface area (Å²) in [6, 6.07) is 6.90. The van der Waals surface area contributed by atoms with Crippen molar-refractivity contribution in [2.75, 3.05) is 23.9 Å². The number of hydrogen-bond donors (Lipinski definition) is 1. The van der Waals surface area contributed by atoms with Gasteiger partial charge in [-0.15, -0.1) is 11.3 Å². The highest BCUT2D eigenvalue weighted by atomic mass is 35.5. The number of carbonyl (C=O) groups excluding carboxylic acids is 2. The van der Waals surface area contributed by atoms with E-state index in [4.69, 9.17) is 16.3 Å². The number of halogens is 1. The van der Waals surface area contributed by atoms with Gasteiger partial charge in [-0.25, -0.2) is 0 Å². The van der Waals surface area contributed by atoms with E-state index in [1.54, 1.807) is 35.5 Å². The highest BCUT2D eigenvalue weighted by Gasteiger charge is 2.34. The zero-order valence-electron chi connectivity index (χ0n) is 15.2. The molecule has 4 rings (SSSR count). The van der Waals surface area contributed by atoms with Crippen LogP contribution in [0, 0.1) is 0 Å². The van der Waals surface area contributed by atoms with E-state index in [1.165, 1.54) is 24.6 Å². The quantitative estimate of drug-likeness (QED) is 0.695. The molecule has 1 aliphatic heterocycles. The van der Waals surface area contributed by atoms with E-state index in [9.17, 15) is 9.59 Å². The molecule has 4 heterocycles. The van der Waals surface area contributed by atoms with Gasteiger partial charge in [0, 0.05) is 31.0 Å². The molecule has 1 aliphatic rings. The maximum Gasteiger partial charge on any atom is 0.276 e. The van der Waals surface area contributed by atoms with E-state index in [0.29, 0.717) is 33.6 Å². The summed E-state index contributed by atoms with van der Waals surface area (Å²) >= 11 is 7.37. The van der Waals surface area contributed by atoms with E-state index < -0.39 is 5.91 Å². The highest BCUT2D eigenvalue weighted by Crippen LogP contribution is 2.35. The van der Waals surface area contributed by atoms with Crippen LogP contribution in [0.4, 0.5) is 10.7 Å². The highest BCUT2D eigenvalue weighted by molar-refractivity contribution is 7.20. The molecular weight excluding hydrogens is 400 g/mol. The van der Waals surface area contributed by atoms with E-state index in [-0.39, 0.29) is 11.9 Å². The average Bonchev–Trinajstić information content (AvgIpc) is 3.32. The molecule has 7 nitrogen and oxygen atoms in total. The summed E-state index contributed by atoms with van der Waals surface area (Å²) in [7, 11) is 1.51. The Morgan fingerprint density at radius 1 is 1.36 bits per heavy atom. The number of aromatic nitrogens is 2. The molecule has 0 unspecified atom stereocenters. The third-order valence-corrected chi connectivity index (χ3v) is 5.86. The van der Waals surface area contributed by atoms with Crippen LogP contribution in [0.2, 0.25) is 4.34 Å². The molecule has 0 radical (unpaired) electrons. The Kier molecular flexibility index (Phi) is 4.82. The molecule has 0 bridgehead atoms. The van der Waals surface area contributed by atoms with Crippen LogP contribution >= 0.6 is 22.9 Å². The second-order valence-corrected chi connectivity index (χ2v) is 8.05. The summed E-state index contributed by atoms with van der Waals surface area (Å²) in [6.07, 6.45) is 4.85. The second kappa shape index (κ2) is 7.29. The fraction of sp³-hybridized carbons (Fsp3) is 0.211. The number of amides is 2. The topological polar surface area (TPSA) is 76.5 Å². The largest absolute Gasteiger partial charge is 0.494 e. The zero-order chi connectivity index (χ0) is 19.8. The molecule has 144 valence electrons. The molecule has 0 saturated heterocycles. The van der Waals surface area contributed by atoms with Gasteiger partial charge in [-0.1, -0.05) is 11.6 Å². The molecule has 0 aliphatic carbocycles. The van der Waals surface area contributed by atoms with Crippen molar-refractivity contribution >= 4 is 45.4 Å². The predicted molar refractivity (Wildman–Crippen MR) is 109 cm³/mol. The van der Waals surface area contributed by atoms with Gasteiger partial charge in [-0.05, 0) is 25.1 Å². The van der Waals surface area contributed by atoms with Crippen LogP contribution in [0.3, 0.4) is 0 Å². The summed E-state index contributed by atoms with van der Waals surface area (Å²) in [6.45, 7) is 2.51. The normalized spacial score (nSPS) is 16.0. The van der Waals surface area contributed by atoms with E-state index in [0.717, 1.165) is 5.00 Å². The number of fused-ring (bicyclic) bond motifs is 1. The SMILES string of the molecule is COc1ccncc1NC(=O)c1ccn2c1C(=O)N(c1ccc(Cl)s1)C[C@@H]2C. The van der Waals surface area contributed by atoms with Crippen molar-refractivity contribution in [3.8, 4) is 5.75 Å². The number of carbonyl (C=O) groups is 2. The maximum atomic E-state index is 13.2. The molecule has 3 aromatic rings. The Balaban J connectivity index is 1.68. The number of methoxy groups -OCH3 is 1. The Morgan fingerprint density at radius 2 is 2.18 bits per heavy atom. The fourth-order valence-electron chi connectivity index (χ4n) is 3.27.